The van der Waals surface area contributed by atoms with E-state index in [1.165, 1.54) is 32.4 Å². The van der Waals surface area contributed by atoms with Crippen LogP contribution in [0.1, 0.15) is 19.3 Å². The quantitative estimate of drug-likeness (QED) is 0.371. The van der Waals surface area contributed by atoms with Crippen LogP contribution in [0.4, 0.5) is 0 Å². The van der Waals surface area contributed by atoms with Crippen molar-refractivity contribution in [3.05, 3.63) is 0 Å². The molecule has 2 N–H and O–H groups in total. The molecule has 64 valence electrons. The molecular formula is C7H14N2S2. The summed E-state index contributed by atoms with van der Waals surface area (Å²) < 4.78 is 2.30. The molecule has 1 spiro atoms. The molecule has 0 aromatic heterocycles. The first-order valence-electron chi connectivity index (χ1n) is 4.09. The van der Waals surface area contributed by atoms with E-state index < -0.39 is 0 Å². The van der Waals surface area contributed by atoms with Gasteiger partial charge in [0.25, 0.3) is 0 Å². The summed E-state index contributed by atoms with van der Waals surface area (Å²) in [4.78, 5) is 0. The summed E-state index contributed by atoms with van der Waals surface area (Å²) in [6.07, 6.45) is 3.82. The van der Waals surface area contributed by atoms with E-state index in [0.29, 0.717) is 11.5 Å². The molecule has 1 saturated carbocycles. The maximum Gasteiger partial charge on any atom is 0.0103 e. The summed E-state index contributed by atoms with van der Waals surface area (Å²) >= 11 is 4.17. The lowest BCUT2D eigenvalue weighted by molar-refractivity contribution is 0.268. The number of nitrogens with zero attached hydrogens (tertiary/aromatic N) is 1. The predicted molar refractivity (Wildman–Crippen MR) is 52.4 cm³/mol. The van der Waals surface area contributed by atoms with Crippen molar-refractivity contribution in [2.24, 2.45) is 11.1 Å². The Bertz CT molecular complexity index is 155. The molecule has 2 rings (SSSR count). The first kappa shape index (κ1) is 8.23. The number of hydrogen-bond acceptors (Lipinski definition) is 4. The van der Waals surface area contributed by atoms with Crippen LogP contribution < -0.4 is 5.73 Å². The zero-order valence-electron chi connectivity index (χ0n) is 6.49. The van der Waals surface area contributed by atoms with Gasteiger partial charge in [0.15, 0.2) is 0 Å². The zero-order valence-corrected chi connectivity index (χ0v) is 8.20. The maximum absolute atomic E-state index is 5.87. The van der Waals surface area contributed by atoms with Crippen LogP contribution in [-0.2, 0) is 0 Å². The highest BCUT2D eigenvalue weighted by Gasteiger charge is 2.52. The van der Waals surface area contributed by atoms with Gasteiger partial charge in [0, 0.05) is 19.1 Å². The van der Waals surface area contributed by atoms with Crippen LogP contribution in [0.3, 0.4) is 0 Å². The summed E-state index contributed by atoms with van der Waals surface area (Å²) in [5.74, 6) is 0. The molecule has 1 aliphatic carbocycles. The maximum atomic E-state index is 5.87. The largest absolute Gasteiger partial charge is 0.327 e. The van der Waals surface area contributed by atoms with E-state index in [4.69, 9.17) is 5.73 Å². The highest BCUT2D eigenvalue weighted by molar-refractivity contribution is 8.67. The lowest BCUT2D eigenvalue weighted by atomic mass is 9.94. The van der Waals surface area contributed by atoms with Gasteiger partial charge < -0.3 is 5.73 Å². The fourth-order valence-corrected chi connectivity index (χ4v) is 2.80. The molecule has 0 aromatic rings. The molecule has 2 nitrogen and oxygen atoms in total. The van der Waals surface area contributed by atoms with Gasteiger partial charge in [0.1, 0.15) is 0 Å². The van der Waals surface area contributed by atoms with Crippen LogP contribution in [0.25, 0.3) is 0 Å². The fraction of sp³-hybridized carbons (Fsp3) is 1.00. The highest BCUT2D eigenvalue weighted by Crippen LogP contribution is 2.53. The normalized spacial score (nSPS) is 36.0. The standard InChI is InChI=1S/C7H14N2S2/c8-6-5-7(6)1-3-9(11-10)4-2-7/h6,10H,1-5,8H2. The van der Waals surface area contributed by atoms with Gasteiger partial charge in [0.05, 0.1) is 0 Å². The Kier molecular flexibility index (Phi) is 2.12. The van der Waals surface area contributed by atoms with E-state index in [2.05, 4.69) is 16.0 Å². The Balaban J connectivity index is 1.86. The molecule has 0 radical (unpaired) electrons. The van der Waals surface area contributed by atoms with Gasteiger partial charge in [-0.25, -0.2) is 4.31 Å². The second-order valence-electron chi connectivity index (χ2n) is 3.68. The third-order valence-corrected chi connectivity index (χ3v) is 4.38. The molecule has 0 aromatic carbocycles. The van der Waals surface area contributed by atoms with Crippen LogP contribution in [-0.4, -0.2) is 23.4 Å². The van der Waals surface area contributed by atoms with E-state index in [9.17, 15) is 0 Å². The number of piperidine rings is 1. The fourth-order valence-electron chi connectivity index (χ4n) is 1.97. The second kappa shape index (κ2) is 2.83. The molecule has 1 saturated heterocycles. The SMILES string of the molecule is NC1CC12CCN(SS)CC2. The first-order valence-corrected chi connectivity index (χ1v) is 5.91. The average molecular weight is 190 g/mol. The van der Waals surface area contributed by atoms with Crippen molar-refractivity contribution in [2.75, 3.05) is 13.1 Å². The second-order valence-corrected chi connectivity index (χ2v) is 4.85. The zero-order chi connectivity index (χ0) is 7.90. The molecular weight excluding hydrogens is 176 g/mol. The monoisotopic (exact) mass is 190 g/mol. The van der Waals surface area contributed by atoms with E-state index in [1.807, 2.05) is 0 Å². The van der Waals surface area contributed by atoms with Crippen molar-refractivity contribution in [2.45, 2.75) is 25.3 Å². The van der Waals surface area contributed by atoms with Gasteiger partial charge in [-0.3, -0.25) is 0 Å². The van der Waals surface area contributed by atoms with Crippen molar-refractivity contribution >= 4 is 22.6 Å². The Morgan fingerprint density at radius 2 is 2.00 bits per heavy atom. The van der Waals surface area contributed by atoms with Crippen molar-refractivity contribution in [3.63, 3.8) is 0 Å². The summed E-state index contributed by atoms with van der Waals surface area (Å²) in [5, 5.41) is 0. The molecule has 1 aliphatic heterocycles. The molecule has 1 atom stereocenters. The molecule has 1 unspecified atom stereocenters. The van der Waals surface area contributed by atoms with Gasteiger partial charge in [-0.15, -0.1) is 0 Å². The van der Waals surface area contributed by atoms with Gasteiger partial charge in [-0.1, -0.05) is 11.7 Å². The number of thiol groups is 1. The summed E-state index contributed by atoms with van der Waals surface area (Å²) in [6.45, 7) is 2.34. The predicted octanol–water partition coefficient (Wildman–Crippen LogP) is 1.29. The van der Waals surface area contributed by atoms with Crippen LogP contribution in [0.2, 0.25) is 0 Å². The van der Waals surface area contributed by atoms with Gasteiger partial charge in [0.2, 0.25) is 0 Å². The molecule has 1 heterocycles. The van der Waals surface area contributed by atoms with Crippen LogP contribution in [0, 0.1) is 5.41 Å². The third kappa shape index (κ3) is 1.41. The highest BCUT2D eigenvalue weighted by atomic mass is 33.1. The van der Waals surface area contributed by atoms with E-state index in [-0.39, 0.29) is 0 Å². The number of nitrogens with two attached hydrogens (primary N) is 1. The van der Waals surface area contributed by atoms with Crippen LogP contribution in [0.5, 0.6) is 0 Å². The summed E-state index contributed by atoms with van der Waals surface area (Å²) in [6, 6.07) is 0.509. The van der Waals surface area contributed by atoms with Crippen LogP contribution >= 0.6 is 22.6 Å². The number of hydrogen-bond donors (Lipinski definition) is 2. The summed E-state index contributed by atoms with van der Waals surface area (Å²) in [7, 11) is 1.56. The van der Waals surface area contributed by atoms with E-state index in [1.54, 1.807) is 11.0 Å². The van der Waals surface area contributed by atoms with Crippen molar-refractivity contribution in [3.8, 4) is 0 Å². The Morgan fingerprint density at radius 1 is 1.45 bits per heavy atom. The Labute approximate surface area is 76.8 Å². The lowest BCUT2D eigenvalue weighted by Crippen LogP contribution is -2.31. The van der Waals surface area contributed by atoms with Crippen LogP contribution in [0.15, 0.2) is 0 Å². The molecule has 11 heavy (non-hydrogen) atoms. The van der Waals surface area contributed by atoms with Gasteiger partial charge >= 0.3 is 0 Å². The Morgan fingerprint density at radius 3 is 2.36 bits per heavy atom. The van der Waals surface area contributed by atoms with E-state index >= 15 is 0 Å². The van der Waals surface area contributed by atoms with Gasteiger partial charge in [-0.2, -0.15) is 0 Å². The van der Waals surface area contributed by atoms with Crippen molar-refractivity contribution < 1.29 is 0 Å². The lowest BCUT2D eigenvalue weighted by Gasteiger charge is -2.29. The minimum Gasteiger partial charge on any atom is -0.327 e. The van der Waals surface area contributed by atoms with Crippen molar-refractivity contribution in [1.82, 2.24) is 4.31 Å². The number of rotatable bonds is 1. The van der Waals surface area contributed by atoms with Crippen molar-refractivity contribution in [1.29, 1.82) is 0 Å². The molecule has 2 aliphatic rings. The third-order valence-electron chi connectivity index (χ3n) is 3.09. The summed E-state index contributed by atoms with van der Waals surface area (Å²) in [5.41, 5.74) is 6.43. The molecule has 2 fully saturated rings. The first-order chi connectivity index (χ1) is 5.27. The molecule has 0 bridgehead atoms. The topological polar surface area (TPSA) is 29.3 Å². The minimum atomic E-state index is 0.509. The smallest absolute Gasteiger partial charge is 0.0103 e. The Hall–Kier alpha value is 0.620. The minimum absolute atomic E-state index is 0.509. The molecule has 0 amide bonds. The van der Waals surface area contributed by atoms with E-state index in [0.717, 1.165) is 0 Å². The molecule has 4 heteroatoms. The average Bonchev–Trinajstić information content (AvgIpc) is 2.64. The van der Waals surface area contributed by atoms with Gasteiger partial charge in [-0.05, 0) is 35.7 Å².